The second kappa shape index (κ2) is 5.24. The van der Waals surface area contributed by atoms with Crippen LogP contribution in [0.2, 0.25) is 0 Å². The van der Waals surface area contributed by atoms with Crippen LogP contribution < -0.4 is 10.6 Å². The normalized spacial score (nSPS) is 22.6. The molecule has 100 valence electrons. The van der Waals surface area contributed by atoms with Crippen molar-refractivity contribution in [2.75, 3.05) is 0 Å². The number of carbonyl (C=O) groups is 1. The molecule has 0 radical (unpaired) electrons. The molecule has 6 heteroatoms. The fraction of sp³-hybridized carbons (Fsp3) is 0.667. The van der Waals surface area contributed by atoms with Crippen LogP contribution in [0.1, 0.15) is 32.2 Å². The number of ether oxygens (including phenoxy) is 1. The minimum atomic E-state index is -0.442. The largest absolute Gasteiger partial charge is 0.444 e. The maximum atomic E-state index is 11.5. The topological polar surface area (TPSA) is 63.2 Å². The van der Waals surface area contributed by atoms with E-state index in [1.54, 1.807) is 17.5 Å². The number of thiazole rings is 1. The molecule has 1 aromatic heterocycles. The molecule has 1 aliphatic rings. The van der Waals surface area contributed by atoms with E-state index in [-0.39, 0.29) is 12.1 Å². The zero-order valence-corrected chi connectivity index (χ0v) is 11.7. The molecule has 1 heterocycles. The molecule has 1 aromatic rings. The Morgan fingerprint density at radius 3 is 2.94 bits per heavy atom. The summed E-state index contributed by atoms with van der Waals surface area (Å²) in [4.78, 5) is 15.7. The molecule has 1 amide bonds. The fourth-order valence-electron chi connectivity index (χ4n) is 1.60. The number of aromatic nitrogens is 1. The van der Waals surface area contributed by atoms with Gasteiger partial charge < -0.3 is 15.4 Å². The quantitative estimate of drug-likeness (QED) is 0.876. The molecule has 1 saturated carbocycles. The van der Waals surface area contributed by atoms with Gasteiger partial charge in [0.1, 0.15) is 10.6 Å². The number of carbonyl (C=O) groups excluding carboxylic acids is 1. The summed E-state index contributed by atoms with van der Waals surface area (Å²) in [6.07, 6.45) is 2.40. The summed E-state index contributed by atoms with van der Waals surface area (Å²) in [6.45, 7) is 6.34. The van der Waals surface area contributed by atoms with Crippen LogP contribution in [0, 0.1) is 0 Å². The summed E-state index contributed by atoms with van der Waals surface area (Å²) < 4.78 is 5.20. The Hall–Kier alpha value is -1.14. The lowest BCUT2D eigenvalue weighted by Crippen LogP contribution is -2.36. The minimum absolute atomic E-state index is 0.180. The molecule has 1 aliphatic carbocycles. The number of rotatable bonds is 4. The lowest BCUT2D eigenvalue weighted by Gasteiger charge is -2.19. The Bertz CT molecular complexity index is 400. The van der Waals surface area contributed by atoms with Crippen molar-refractivity contribution in [3.63, 3.8) is 0 Å². The van der Waals surface area contributed by atoms with E-state index in [0.29, 0.717) is 6.04 Å². The third-order valence-electron chi connectivity index (χ3n) is 2.49. The first-order valence-corrected chi connectivity index (χ1v) is 6.93. The van der Waals surface area contributed by atoms with E-state index in [2.05, 4.69) is 15.6 Å². The second-order valence-electron chi connectivity index (χ2n) is 5.40. The first kappa shape index (κ1) is 13.3. The van der Waals surface area contributed by atoms with Crippen molar-refractivity contribution in [1.82, 2.24) is 15.6 Å². The molecule has 0 saturated heterocycles. The van der Waals surface area contributed by atoms with Crippen LogP contribution in [-0.2, 0) is 11.3 Å². The van der Waals surface area contributed by atoms with Gasteiger partial charge in [-0.25, -0.2) is 9.78 Å². The van der Waals surface area contributed by atoms with Gasteiger partial charge in [0.2, 0.25) is 0 Å². The van der Waals surface area contributed by atoms with Crippen molar-refractivity contribution in [1.29, 1.82) is 0 Å². The minimum Gasteiger partial charge on any atom is -0.444 e. The molecule has 0 spiro atoms. The van der Waals surface area contributed by atoms with E-state index in [1.807, 2.05) is 26.2 Å². The third-order valence-corrected chi connectivity index (χ3v) is 3.27. The monoisotopic (exact) mass is 269 g/mol. The van der Waals surface area contributed by atoms with Crippen LogP contribution in [0.25, 0.3) is 0 Å². The summed E-state index contributed by atoms with van der Waals surface area (Å²) in [5, 5.41) is 9.23. The van der Waals surface area contributed by atoms with Crippen molar-refractivity contribution < 1.29 is 9.53 Å². The molecule has 2 unspecified atom stereocenters. The molecular weight excluding hydrogens is 250 g/mol. The van der Waals surface area contributed by atoms with Crippen LogP contribution in [0.3, 0.4) is 0 Å². The zero-order chi connectivity index (χ0) is 13.2. The van der Waals surface area contributed by atoms with Crippen molar-refractivity contribution in [2.45, 2.75) is 51.4 Å². The number of nitrogens with one attached hydrogen (secondary N) is 2. The maximum Gasteiger partial charge on any atom is 0.407 e. The highest BCUT2D eigenvalue weighted by molar-refractivity contribution is 7.09. The summed E-state index contributed by atoms with van der Waals surface area (Å²) in [6, 6.07) is 0.515. The average molecular weight is 269 g/mol. The Morgan fingerprint density at radius 1 is 1.56 bits per heavy atom. The lowest BCUT2D eigenvalue weighted by molar-refractivity contribution is 0.0522. The van der Waals surface area contributed by atoms with Gasteiger partial charge in [-0.15, -0.1) is 11.3 Å². The Kier molecular flexibility index (Phi) is 3.87. The number of hydrogen-bond donors (Lipinski definition) is 2. The smallest absolute Gasteiger partial charge is 0.407 e. The second-order valence-corrected chi connectivity index (χ2v) is 6.38. The molecule has 18 heavy (non-hydrogen) atoms. The van der Waals surface area contributed by atoms with E-state index in [1.165, 1.54) is 0 Å². The predicted molar refractivity (Wildman–Crippen MR) is 70.5 cm³/mol. The maximum absolute atomic E-state index is 11.5. The Balaban J connectivity index is 1.64. The molecule has 5 nitrogen and oxygen atoms in total. The molecule has 0 bridgehead atoms. The van der Waals surface area contributed by atoms with Gasteiger partial charge in [0, 0.05) is 30.2 Å². The average Bonchev–Trinajstić information content (AvgIpc) is 2.76. The van der Waals surface area contributed by atoms with Crippen LogP contribution in [-0.4, -0.2) is 28.8 Å². The molecule has 2 N–H and O–H groups in total. The lowest BCUT2D eigenvalue weighted by atomic mass is 10.2. The van der Waals surface area contributed by atoms with Gasteiger partial charge in [-0.3, -0.25) is 0 Å². The van der Waals surface area contributed by atoms with E-state index in [4.69, 9.17) is 4.74 Å². The summed E-state index contributed by atoms with van der Waals surface area (Å²) in [5.74, 6) is 0. The highest BCUT2D eigenvalue weighted by atomic mass is 32.1. The fourth-order valence-corrected chi connectivity index (χ4v) is 2.16. The summed E-state index contributed by atoms with van der Waals surface area (Å²) in [5.41, 5.74) is -0.442. The van der Waals surface area contributed by atoms with Crippen molar-refractivity contribution in [3.8, 4) is 0 Å². The standard InChI is InChI=1S/C12H19N3O2S/c1-12(2,3)17-11(16)15-9-6-8(9)14-7-10-13-4-5-18-10/h4-5,8-9,14H,6-7H2,1-3H3,(H,15,16). The SMILES string of the molecule is CC(C)(C)OC(=O)NC1CC1NCc1nccs1. The van der Waals surface area contributed by atoms with Crippen LogP contribution >= 0.6 is 11.3 Å². The molecule has 2 rings (SSSR count). The number of hydrogen-bond acceptors (Lipinski definition) is 5. The van der Waals surface area contributed by atoms with Gasteiger partial charge in [0.15, 0.2) is 0 Å². The van der Waals surface area contributed by atoms with Crippen molar-refractivity contribution in [3.05, 3.63) is 16.6 Å². The van der Waals surface area contributed by atoms with Gasteiger partial charge in [-0.1, -0.05) is 0 Å². The van der Waals surface area contributed by atoms with Crippen LogP contribution in [0.15, 0.2) is 11.6 Å². The third kappa shape index (κ3) is 4.27. The highest BCUT2D eigenvalue weighted by Gasteiger charge is 2.38. The van der Waals surface area contributed by atoms with E-state index in [0.717, 1.165) is 18.0 Å². The predicted octanol–water partition coefficient (Wildman–Crippen LogP) is 1.90. The number of amides is 1. The highest BCUT2D eigenvalue weighted by Crippen LogP contribution is 2.22. The Labute approximate surface area is 111 Å². The molecular formula is C12H19N3O2S. The first-order valence-electron chi connectivity index (χ1n) is 6.05. The molecule has 2 atom stereocenters. The van der Waals surface area contributed by atoms with Gasteiger partial charge in [0.05, 0.1) is 0 Å². The number of nitrogens with zero attached hydrogens (tertiary/aromatic N) is 1. The summed E-state index contributed by atoms with van der Waals surface area (Å²) in [7, 11) is 0. The first-order chi connectivity index (χ1) is 8.44. The van der Waals surface area contributed by atoms with E-state index in [9.17, 15) is 4.79 Å². The van der Waals surface area contributed by atoms with Crippen LogP contribution in [0.4, 0.5) is 4.79 Å². The van der Waals surface area contributed by atoms with Gasteiger partial charge in [-0.05, 0) is 27.2 Å². The zero-order valence-electron chi connectivity index (χ0n) is 10.9. The Morgan fingerprint density at radius 2 is 2.33 bits per heavy atom. The molecule has 0 aromatic carbocycles. The van der Waals surface area contributed by atoms with Crippen molar-refractivity contribution >= 4 is 17.4 Å². The van der Waals surface area contributed by atoms with Gasteiger partial charge in [-0.2, -0.15) is 0 Å². The van der Waals surface area contributed by atoms with Crippen molar-refractivity contribution in [2.24, 2.45) is 0 Å². The number of alkyl carbamates (subject to hydrolysis) is 1. The van der Waals surface area contributed by atoms with E-state index < -0.39 is 5.60 Å². The van der Waals surface area contributed by atoms with Gasteiger partial charge >= 0.3 is 6.09 Å². The van der Waals surface area contributed by atoms with Crippen LogP contribution in [0.5, 0.6) is 0 Å². The van der Waals surface area contributed by atoms with Gasteiger partial charge in [0.25, 0.3) is 0 Å². The molecule has 0 aliphatic heterocycles. The van der Waals surface area contributed by atoms with E-state index >= 15 is 0 Å². The molecule has 1 fully saturated rings. The summed E-state index contributed by atoms with van der Waals surface area (Å²) >= 11 is 1.63.